The average Bonchev–Trinajstić information content (AvgIpc) is 3.02. The molecular formula is C13H7FN4O. The zero-order valence-electron chi connectivity index (χ0n) is 9.59. The zero-order chi connectivity index (χ0) is 12.8. The van der Waals surface area contributed by atoms with E-state index in [-0.39, 0.29) is 5.71 Å². The Bertz CT molecular complexity index is 896. The van der Waals surface area contributed by atoms with Crippen molar-refractivity contribution in [1.29, 1.82) is 0 Å². The molecule has 0 aliphatic rings. The summed E-state index contributed by atoms with van der Waals surface area (Å²) in [6.07, 6.45) is 3.46. The highest BCUT2D eigenvalue weighted by atomic mass is 19.1. The van der Waals surface area contributed by atoms with Gasteiger partial charge in [0, 0.05) is 17.8 Å². The summed E-state index contributed by atoms with van der Waals surface area (Å²) in [5.74, 6) is -0.210. The maximum atomic E-state index is 13.0. The number of oxazole rings is 1. The Morgan fingerprint density at radius 1 is 1.16 bits per heavy atom. The van der Waals surface area contributed by atoms with Gasteiger partial charge in [0.05, 0.1) is 5.56 Å². The van der Waals surface area contributed by atoms with Crippen molar-refractivity contribution in [2.75, 3.05) is 0 Å². The van der Waals surface area contributed by atoms with Gasteiger partial charge < -0.3 is 9.40 Å². The molecule has 6 heteroatoms. The van der Waals surface area contributed by atoms with Crippen LogP contribution >= 0.6 is 0 Å². The first-order valence-electron chi connectivity index (χ1n) is 5.66. The van der Waals surface area contributed by atoms with Crippen molar-refractivity contribution >= 4 is 22.3 Å². The number of aromatic amines is 1. The molecule has 0 fully saturated rings. The van der Waals surface area contributed by atoms with Crippen LogP contribution in [-0.4, -0.2) is 19.9 Å². The second kappa shape index (κ2) is 3.61. The first kappa shape index (κ1) is 10.2. The third-order valence-corrected chi connectivity index (χ3v) is 2.87. The van der Waals surface area contributed by atoms with Crippen molar-refractivity contribution in [2.24, 2.45) is 0 Å². The van der Waals surface area contributed by atoms with E-state index in [9.17, 15) is 4.39 Å². The number of hydrogen-bond acceptors (Lipinski definition) is 4. The molecule has 0 unspecified atom stereocenters. The molecule has 92 valence electrons. The van der Waals surface area contributed by atoms with Crippen LogP contribution in [0.15, 0.2) is 41.1 Å². The second-order valence-electron chi connectivity index (χ2n) is 4.12. The molecule has 4 rings (SSSR count). The molecule has 0 aromatic carbocycles. The third kappa shape index (κ3) is 1.57. The smallest absolute Gasteiger partial charge is 0.250 e. The Morgan fingerprint density at radius 3 is 3.05 bits per heavy atom. The number of nitrogens with one attached hydrogen (secondary N) is 1. The number of rotatable bonds is 1. The van der Waals surface area contributed by atoms with Gasteiger partial charge in [-0.25, -0.2) is 9.97 Å². The van der Waals surface area contributed by atoms with Crippen LogP contribution in [0.1, 0.15) is 0 Å². The van der Waals surface area contributed by atoms with Crippen molar-refractivity contribution in [3.05, 3.63) is 42.6 Å². The van der Waals surface area contributed by atoms with Gasteiger partial charge in [0.25, 0.3) is 0 Å². The Hall–Kier alpha value is -2.76. The van der Waals surface area contributed by atoms with Crippen LogP contribution in [0.4, 0.5) is 4.39 Å². The van der Waals surface area contributed by atoms with E-state index in [1.807, 2.05) is 18.3 Å². The molecule has 4 aromatic rings. The maximum Gasteiger partial charge on any atom is 0.250 e. The molecule has 5 nitrogen and oxygen atoms in total. The molecule has 0 amide bonds. The molecule has 0 bridgehead atoms. The van der Waals surface area contributed by atoms with Gasteiger partial charge >= 0.3 is 0 Å². The minimum Gasteiger partial charge on any atom is -0.418 e. The summed E-state index contributed by atoms with van der Waals surface area (Å²) in [5, 5.41) is 0.957. The van der Waals surface area contributed by atoms with Crippen molar-refractivity contribution in [1.82, 2.24) is 19.9 Å². The normalized spacial score (nSPS) is 11.4. The van der Waals surface area contributed by atoms with Crippen LogP contribution < -0.4 is 0 Å². The SMILES string of the molecule is Fc1ccc2nc(-c3cnc4[nH]ccc4c3)oc2n1. The number of aromatic nitrogens is 4. The van der Waals surface area contributed by atoms with Gasteiger partial charge in [0.2, 0.25) is 17.6 Å². The summed E-state index contributed by atoms with van der Waals surface area (Å²) in [6.45, 7) is 0. The van der Waals surface area contributed by atoms with Crippen LogP contribution in [0, 0.1) is 5.95 Å². The van der Waals surface area contributed by atoms with Gasteiger partial charge in [-0.1, -0.05) is 0 Å². The fourth-order valence-corrected chi connectivity index (χ4v) is 1.97. The van der Waals surface area contributed by atoms with Crippen molar-refractivity contribution in [3.8, 4) is 11.5 Å². The monoisotopic (exact) mass is 254 g/mol. The summed E-state index contributed by atoms with van der Waals surface area (Å²) in [4.78, 5) is 15.2. The summed E-state index contributed by atoms with van der Waals surface area (Å²) in [5.41, 5.74) is 2.23. The van der Waals surface area contributed by atoms with E-state index >= 15 is 0 Å². The topological polar surface area (TPSA) is 67.6 Å². The van der Waals surface area contributed by atoms with Crippen molar-refractivity contribution < 1.29 is 8.81 Å². The largest absolute Gasteiger partial charge is 0.418 e. The van der Waals surface area contributed by atoms with E-state index in [4.69, 9.17) is 4.42 Å². The van der Waals surface area contributed by atoms with E-state index in [1.54, 1.807) is 6.20 Å². The predicted octanol–water partition coefficient (Wildman–Crippen LogP) is 2.91. The molecule has 0 aliphatic carbocycles. The highest BCUT2D eigenvalue weighted by Gasteiger charge is 2.11. The quantitative estimate of drug-likeness (QED) is 0.530. The van der Waals surface area contributed by atoms with Gasteiger partial charge in [0.15, 0.2) is 0 Å². The first-order valence-corrected chi connectivity index (χ1v) is 5.66. The fourth-order valence-electron chi connectivity index (χ4n) is 1.97. The lowest BCUT2D eigenvalue weighted by Gasteiger charge is -1.94. The molecule has 0 saturated heterocycles. The van der Waals surface area contributed by atoms with Crippen molar-refractivity contribution in [2.45, 2.75) is 0 Å². The van der Waals surface area contributed by atoms with Gasteiger partial charge in [0.1, 0.15) is 11.2 Å². The maximum absolute atomic E-state index is 13.0. The number of hydrogen-bond donors (Lipinski definition) is 1. The number of halogens is 1. The highest BCUT2D eigenvalue weighted by molar-refractivity contribution is 5.81. The molecule has 0 atom stereocenters. The molecule has 0 aliphatic heterocycles. The van der Waals surface area contributed by atoms with Crippen LogP contribution in [-0.2, 0) is 0 Å². The van der Waals surface area contributed by atoms with E-state index in [0.717, 1.165) is 16.6 Å². The predicted molar refractivity (Wildman–Crippen MR) is 66.8 cm³/mol. The molecule has 4 aromatic heterocycles. The lowest BCUT2D eigenvalue weighted by Crippen LogP contribution is -1.81. The summed E-state index contributed by atoms with van der Waals surface area (Å²) < 4.78 is 18.4. The molecule has 4 heterocycles. The first-order chi connectivity index (χ1) is 9.29. The standard InChI is InChI=1S/C13H7FN4O/c14-10-2-1-9-13(18-10)19-12(17-9)8-5-7-3-4-15-11(7)16-6-8/h1-6H,(H,15,16). The second-order valence-corrected chi connectivity index (χ2v) is 4.12. The minimum absolute atomic E-state index is 0.184. The van der Waals surface area contributed by atoms with Crippen LogP contribution in [0.3, 0.4) is 0 Å². The zero-order valence-corrected chi connectivity index (χ0v) is 9.59. The summed E-state index contributed by atoms with van der Waals surface area (Å²) in [6, 6.07) is 6.60. The van der Waals surface area contributed by atoms with E-state index in [2.05, 4.69) is 19.9 Å². The third-order valence-electron chi connectivity index (χ3n) is 2.87. The Morgan fingerprint density at radius 2 is 2.11 bits per heavy atom. The van der Waals surface area contributed by atoms with E-state index < -0.39 is 5.95 Å². The molecule has 0 radical (unpaired) electrons. The average molecular weight is 254 g/mol. The lowest BCUT2D eigenvalue weighted by atomic mass is 10.2. The van der Waals surface area contributed by atoms with Gasteiger partial charge in [-0.2, -0.15) is 9.37 Å². The lowest BCUT2D eigenvalue weighted by molar-refractivity contribution is 0.559. The van der Waals surface area contributed by atoms with Crippen LogP contribution in [0.5, 0.6) is 0 Å². The van der Waals surface area contributed by atoms with Gasteiger partial charge in [-0.3, -0.25) is 0 Å². The number of pyridine rings is 2. The Kier molecular flexibility index (Phi) is 1.94. The molecular weight excluding hydrogens is 247 g/mol. The van der Waals surface area contributed by atoms with Crippen LogP contribution in [0.2, 0.25) is 0 Å². The fraction of sp³-hybridized carbons (Fsp3) is 0. The molecule has 1 N–H and O–H groups in total. The van der Waals surface area contributed by atoms with Gasteiger partial charge in [-0.15, -0.1) is 0 Å². The number of nitrogens with zero attached hydrogens (tertiary/aromatic N) is 3. The Labute approximate surface area is 106 Å². The van der Waals surface area contributed by atoms with Crippen LogP contribution in [0.25, 0.3) is 33.7 Å². The van der Waals surface area contributed by atoms with Gasteiger partial charge in [-0.05, 0) is 24.3 Å². The highest BCUT2D eigenvalue weighted by Crippen LogP contribution is 2.24. The number of fused-ring (bicyclic) bond motifs is 2. The molecule has 0 spiro atoms. The van der Waals surface area contributed by atoms with E-state index in [0.29, 0.717) is 11.4 Å². The van der Waals surface area contributed by atoms with Crippen molar-refractivity contribution in [3.63, 3.8) is 0 Å². The summed E-state index contributed by atoms with van der Waals surface area (Å²) >= 11 is 0. The Balaban J connectivity index is 1.92. The summed E-state index contributed by atoms with van der Waals surface area (Å²) in [7, 11) is 0. The molecule has 0 saturated carbocycles. The van der Waals surface area contributed by atoms with E-state index in [1.165, 1.54) is 12.1 Å². The molecule has 19 heavy (non-hydrogen) atoms. The minimum atomic E-state index is -0.589. The number of H-pyrrole nitrogens is 1.